The summed E-state index contributed by atoms with van der Waals surface area (Å²) >= 11 is 0. The molecule has 1 aromatic carbocycles. The highest BCUT2D eigenvalue weighted by molar-refractivity contribution is 5.78. The molecule has 1 N–H and O–H groups in total. The number of piperidine rings is 1. The van der Waals surface area contributed by atoms with E-state index in [0.29, 0.717) is 25.7 Å². The summed E-state index contributed by atoms with van der Waals surface area (Å²) in [5, 5.41) is 3.14. The van der Waals surface area contributed by atoms with E-state index in [4.69, 9.17) is 9.47 Å². The summed E-state index contributed by atoms with van der Waals surface area (Å²) in [5.74, 6) is 0.885. The molecule has 30 heavy (non-hydrogen) atoms. The first kappa shape index (κ1) is 21.8. The van der Waals surface area contributed by atoms with Crippen molar-refractivity contribution in [2.75, 3.05) is 32.8 Å². The predicted octanol–water partition coefficient (Wildman–Crippen LogP) is 3.87. The molecule has 4 rings (SSSR count). The molecule has 1 unspecified atom stereocenters. The van der Waals surface area contributed by atoms with Gasteiger partial charge in [-0.25, -0.2) is 0 Å². The average molecular weight is 415 g/mol. The van der Waals surface area contributed by atoms with Crippen LogP contribution in [0.1, 0.15) is 69.4 Å². The van der Waals surface area contributed by atoms with Crippen LogP contribution in [0.15, 0.2) is 24.3 Å². The standard InChI is InChI=1S/C25H38N2O3/c1-19(2)21-5-3-20(4-6-21)18-27-13-11-25(12-14-27)10-7-23(30-25)17-26-24(28)22-8-15-29-16-9-22/h3-6,19,22-23H,7-18H2,1-2H3,(H,26,28). The first-order valence-electron chi connectivity index (χ1n) is 11.9. The molecular formula is C25H38N2O3. The normalized spacial score (nSPS) is 25.1. The Hall–Kier alpha value is -1.43. The van der Waals surface area contributed by atoms with Crippen molar-refractivity contribution < 1.29 is 14.3 Å². The third-order valence-corrected chi connectivity index (χ3v) is 7.25. The second-order valence-corrected chi connectivity index (χ2v) is 9.77. The molecule has 0 aliphatic carbocycles. The minimum atomic E-state index is 0.0338. The van der Waals surface area contributed by atoms with Crippen molar-refractivity contribution in [3.05, 3.63) is 35.4 Å². The summed E-state index contributed by atoms with van der Waals surface area (Å²) in [4.78, 5) is 14.9. The van der Waals surface area contributed by atoms with Crippen molar-refractivity contribution in [3.8, 4) is 0 Å². The van der Waals surface area contributed by atoms with E-state index in [1.807, 2.05) is 0 Å². The first-order valence-corrected chi connectivity index (χ1v) is 11.9. The molecule has 1 amide bonds. The molecule has 1 aromatic rings. The van der Waals surface area contributed by atoms with Gasteiger partial charge in [0.1, 0.15) is 0 Å². The smallest absolute Gasteiger partial charge is 0.223 e. The van der Waals surface area contributed by atoms with E-state index in [0.717, 1.165) is 58.2 Å². The van der Waals surface area contributed by atoms with E-state index in [2.05, 4.69) is 48.3 Å². The minimum absolute atomic E-state index is 0.0338. The second-order valence-electron chi connectivity index (χ2n) is 9.77. The summed E-state index contributed by atoms with van der Waals surface area (Å²) in [7, 11) is 0. The number of rotatable bonds is 6. The van der Waals surface area contributed by atoms with Crippen LogP contribution in [0.4, 0.5) is 0 Å². The molecule has 1 spiro atoms. The van der Waals surface area contributed by atoms with Crippen molar-refractivity contribution in [1.82, 2.24) is 10.2 Å². The van der Waals surface area contributed by atoms with Crippen LogP contribution in [0.5, 0.6) is 0 Å². The van der Waals surface area contributed by atoms with E-state index in [1.165, 1.54) is 11.1 Å². The van der Waals surface area contributed by atoms with Crippen LogP contribution in [0.2, 0.25) is 0 Å². The van der Waals surface area contributed by atoms with Crippen molar-refractivity contribution in [2.24, 2.45) is 5.92 Å². The number of nitrogens with one attached hydrogen (secondary N) is 1. The quantitative estimate of drug-likeness (QED) is 0.768. The third kappa shape index (κ3) is 5.43. The lowest BCUT2D eigenvalue weighted by Crippen LogP contribution is -2.45. The fourth-order valence-electron chi connectivity index (χ4n) is 5.11. The molecule has 0 radical (unpaired) electrons. The summed E-state index contributed by atoms with van der Waals surface area (Å²) in [6.45, 7) is 9.76. The van der Waals surface area contributed by atoms with E-state index in [9.17, 15) is 4.79 Å². The molecule has 3 saturated heterocycles. The van der Waals surface area contributed by atoms with E-state index < -0.39 is 0 Å². The van der Waals surface area contributed by atoms with Gasteiger partial charge >= 0.3 is 0 Å². The maximum absolute atomic E-state index is 12.4. The number of carbonyl (C=O) groups is 1. The SMILES string of the molecule is CC(C)c1ccc(CN2CCC3(CCC(CNC(=O)C4CCOCC4)O3)CC2)cc1. The third-order valence-electron chi connectivity index (χ3n) is 7.25. The van der Waals surface area contributed by atoms with Gasteiger partial charge in [0.05, 0.1) is 11.7 Å². The lowest BCUT2D eigenvalue weighted by atomic mass is 9.88. The number of nitrogens with zero attached hydrogens (tertiary/aromatic N) is 1. The molecule has 0 bridgehead atoms. The lowest BCUT2D eigenvalue weighted by molar-refractivity contribution is -0.129. The van der Waals surface area contributed by atoms with E-state index in [1.54, 1.807) is 0 Å². The van der Waals surface area contributed by atoms with Crippen molar-refractivity contribution in [2.45, 2.75) is 76.5 Å². The average Bonchev–Trinajstić information content (AvgIpc) is 3.17. The number of ether oxygens (including phenoxy) is 2. The highest BCUT2D eigenvalue weighted by Crippen LogP contribution is 2.39. The number of amides is 1. The molecule has 0 aromatic heterocycles. The van der Waals surface area contributed by atoms with Crippen LogP contribution in [0.25, 0.3) is 0 Å². The molecular weight excluding hydrogens is 376 g/mol. The van der Waals surface area contributed by atoms with Gasteiger partial charge in [-0.2, -0.15) is 0 Å². The van der Waals surface area contributed by atoms with Crippen molar-refractivity contribution in [3.63, 3.8) is 0 Å². The van der Waals surface area contributed by atoms with Gasteiger partial charge in [0, 0.05) is 45.3 Å². The number of hydrogen-bond donors (Lipinski definition) is 1. The summed E-state index contributed by atoms with van der Waals surface area (Å²) in [6.07, 6.45) is 6.24. The van der Waals surface area contributed by atoms with Crippen molar-refractivity contribution in [1.29, 1.82) is 0 Å². The molecule has 0 saturated carbocycles. The van der Waals surface area contributed by atoms with E-state index >= 15 is 0 Å². The molecule has 166 valence electrons. The number of hydrogen-bond acceptors (Lipinski definition) is 4. The van der Waals surface area contributed by atoms with Gasteiger partial charge in [0.2, 0.25) is 5.91 Å². The zero-order chi connectivity index (χ0) is 21.0. The number of carbonyl (C=O) groups excluding carboxylic acids is 1. The van der Waals surface area contributed by atoms with Gasteiger partial charge in [-0.3, -0.25) is 9.69 Å². The Labute approximate surface area is 181 Å². The van der Waals surface area contributed by atoms with Crippen LogP contribution in [-0.2, 0) is 20.8 Å². The minimum Gasteiger partial charge on any atom is -0.381 e. The monoisotopic (exact) mass is 414 g/mol. The molecule has 3 aliphatic rings. The molecule has 3 aliphatic heterocycles. The van der Waals surface area contributed by atoms with Gasteiger partial charge in [0.25, 0.3) is 0 Å². The Morgan fingerprint density at radius 3 is 2.47 bits per heavy atom. The van der Waals surface area contributed by atoms with Gasteiger partial charge in [-0.1, -0.05) is 38.1 Å². The van der Waals surface area contributed by atoms with Crippen LogP contribution >= 0.6 is 0 Å². The predicted molar refractivity (Wildman–Crippen MR) is 118 cm³/mol. The lowest BCUT2D eigenvalue weighted by Gasteiger charge is -2.39. The Morgan fingerprint density at radius 2 is 1.80 bits per heavy atom. The molecule has 3 heterocycles. The van der Waals surface area contributed by atoms with Crippen molar-refractivity contribution >= 4 is 5.91 Å². The molecule has 3 fully saturated rings. The highest BCUT2D eigenvalue weighted by Gasteiger charge is 2.42. The maximum atomic E-state index is 12.4. The van der Waals surface area contributed by atoms with Gasteiger partial charge in [-0.15, -0.1) is 0 Å². The Balaban J connectivity index is 1.19. The summed E-state index contributed by atoms with van der Waals surface area (Å²) < 4.78 is 11.9. The van der Waals surface area contributed by atoms with Crippen LogP contribution in [0, 0.1) is 5.92 Å². The fraction of sp³-hybridized carbons (Fsp3) is 0.720. The topological polar surface area (TPSA) is 50.8 Å². The van der Waals surface area contributed by atoms with Gasteiger partial charge in [0.15, 0.2) is 0 Å². The summed E-state index contributed by atoms with van der Waals surface area (Å²) in [6, 6.07) is 9.10. The number of likely N-dealkylation sites (tertiary alicyclic amines) is 1. The first-order chi connectivity index (χ1) is 14.5. The second kappa shape index (κ2) is 9.80. The molecule has 5 nitrogen and oxygen atoms in total. The number of benzene rings is 1. The summed E-state index contributed by atoms with van der Waals surface area (Å²) in [5.41, 5.74) is 2.84. The molecule has 5 heteroatoms. The largest absolute Gasteiger partial charge is 0.381 e. The zero-order valence-electron chi connectivity index (χ0n) is 18.7. The van der Waals surface area contributed by atoms with Gasteiger partial charge < -0.3 is 14.8 Å². The van der Waals surface area contributed by atoms with Crippen LogP contribution in [0.3, 0.4) is 0 Å². The highest BCUT2D eigenvalue weighted by atomic mass is 16.5. The van der Waals surface area contributed by atoms with Crippen LogP contribution in [-0.4, -0.2) is 55.4 Å². The van der Waals surface area contributed by atoms with Gasteiger partial charge in [-0.05, 0) is 55.6 Å². The van der Waals surface area contributed by atoms with Crippen LogP contribution < -0.4 is 5.32 Å². The van der Waals surface area contributed by atoms with E-state index in [-0.39, 0.29) is 23.5 Å². The maximum Gasteiger partial charge on any atom is 0.223 e. The zero-order valence-corrected chi connectivity index (χ0v) is 18.7. The Bertz CT molecular complexity index is 689. The Kier molecular flexibility index (Phi) is 7.12. The fourth-order valence-corrected chi connectivity index (χ4v) is 5.11. The molecule has 1 atom stereocenters. The Morgan fingerprint density at radius 1 is 1.10 bits per heavy atom.